The molecule has 0 aromatic heterocycles. The second-order valence-electron chi connectivity index (χ2n) is 3.56. The van der Waals surface area contributed by atoms with Crippen molar-refractivity contribution in [2.24, 2.45) is 5.92 Å². The molecule has 0 amide bonds. The quantitative estimate of drug-likeness (QED) is 0.840. The van der Waals surface area contributed by atoms with Crippen LogP contribution in [0.1, 0.15) is 18.9 Å². The van der Waals surface area contributed by atoms with E-state index >= 15 is 0 Å². The van der Waals surface area contributed by atoms with E-state index in [2.05, 4.69) is 22.0 Å². The predicted molar refractivity (Wildman–Crippen MR) is 62.2 cm³/mol. The van der Waals surface area contributed by atoms with Gasteiger partial charge in [0.05, 0.1) is 12.0 Å². The van der Waals surface area contributed by atoms with Gasteiger partial charge in [0.15, 0.2) is 0 Å². The minimum atomic E-state index is -0.205. The van der Waals surface area contributed by atoms with Crippen LogP contribution in [0.25, 0.3) is 0 Å². The molecular formula is C12H12BrNO. The zero-order chi connectivity index (χ0) is 11.3. The van der Waals surface area contributed by atoms with Crippen molar-refractivity contribution in [3.63, 3.8) is 0 Å². The smallest absolute Gasteiger partial charge is 0.131 e. The number of hydrogen-bond acceptors (Lipinski definition) is 2. The van der Waals surface area contributed by atoms with Gasteiger partial charge in [-0.3, -0.25) is 4.79 Å². The third-order valence-corrected chi connectivity index (χ3v) is 2.64. The fourth-order valence-electron chi connectivity index (χ4n) is 1.42. The predicted octanol–water partition coefficient (Wildman–Crippen LogP) is 3.11. The van der Waals surface area contributed by atoms with Crippen molar-refractivity contribution in [1.29, 1.82) is 5.26 Å². The van der Waals surface area contributed by atoms with Crippen LogP contribution < -0.4 is 0 Å². The van der Waals surface area contributed by atoms with E-state index in [0.717, 1.165) is 10.0 Å². The summed E-state index contributed by atoms with van der Waals surface area (Å²) in [4.78, 5) is 10.9. The SMILES string of the molecule is CC(=O)CC(C#N)Cc1ccc(Br)cc1. The first-order valence-electron chi connectivity index (χ1n) is 4.75. The molecule has 1 aromatic carbocycles. The van der Waals surface area contributed by atoms with Crippen molar-refractivity contribution in [2.45, 2.75) is 19.8 Å². The van der Waals surface area contributed by atoms with Gasteiger partial charge in [-0.05, 0) is 31.0 Å². The van der Waals surface area contributed by atoms with Crippen molar-refractivity contribution in [1.82, 2.24) is 0 Å². The maximum atomic E-state index is 10.9. The van der Waals surface area contributed by atoms with Gasteiger partial charge in [-0.25, -0.2) is 0 Å². The summed E-state index contributed by atoms with van der Waals surface area (Å²) >= 11 is 3.35. The fourth-order valence-corrected chi connectivity index (χ4v) is 1.68. The molecule has 0 aliphatic rings. The average molecular weight is 266 g/mol. The number of Topliss-reactive ketones (excluding diaryl/α,β-unsaturated/α-hetero) is 1. The van der Waals surface area contributed by atoms with Gasteiger partial charge in [0.2, 0.25) is 0 Å². The molecule has 0 spiro atoms. The Hall–Kier alpha value is -1.14. The first-order valence-corrected chi connectivity index (χ1v) is 5.54. The van der Waals surface area contributed by atoms with Gasteiger partial charge in [0.1, 0.15) is 5.78 Å². The van der Waals surface area contributed by atoms with Crippen molar-refractivity contribution in [3.8, 4) is 6.07 Å². The Bertz CT molecular complexity index is 378. The van der Waals surface area contributed by atoms with E-state index in [9.17, 15) is 4.79 Å². The number of ketones is 1. The second kappa shape index (κ2) is 5.67. The van der Waals surface area contributed by atoms with E-state index in [-0.39, 0.29) is 11.7 Å². The molecule has 1 aromatic rings. The van der Waals surface area contributed by atoms with Crippen LogP contribution in [0.4, 0.5) is 0 Å². The molecule has 1 atom stereocenters. The molecule has 0 bridgehead atoms. The van der Waals surface area contributed by atoms with Gasteiger partial charge in [-0.2, -0.15) is 5.26 Å². The molecule has 0 saturated carbocycles. The number of carbonyl (C=O) groups is 1. The summed E-state index contributed by atoms with van der Waals surface area (Å²) in [6.07, 6.45) is 0.982. The van der Waals surface area contributed by atoms with Crippen LogP contribution in [0.15, 0.2) is 28.7 Å². The number of rotatable bonds is 4. The van der Waals surface area contributed by atoms with Crippen LogP contribution in [0.2, 0.25) is 0 Å². The zero-order valence-electron chi connectivity index (χ0n) is 8.53. The maximum absolute atomic E-state index is 10.9. The van der Waals surface area contributed by atoms with Gasteiger partial charge in [0.25, 0.3) is 0 Å². The van der Waals surface area contributed by atoms with E-state index in [0.29, 0.717) is 12.8 Å². The van der Waals surface area contributed by atoms with Crippen molar-refractivity contribution >= 4 is 21.7 Å². The number of carbonyl (C=O) groups excluding carboxylic acids is 1. The van der Waals surface area contributed by atoms with Gasteiger partial charge in [-0.1, -0.05) is 28.1 Å². The highest BCUT2D eigenvalue weighted by Gasteiger charge is 2.10. The Morgan fingerprint density at radius 1 is 1.47 bits per heavy atom. The second-order valence-corrected chi connectivity index (χ2v) is 4.48. The molecule has 1 rings (SSSR count). The summed E-state index contributed by atoms with van der Waals surface area (Å²) in [6, 6.07) is 9.98. The summed E-state index contributed by atoms with van der Waals surface area (Å²) in [7, 11) is 0. The van der Waals surface area contributed by atoms with E-state index < -0.39 is 0 Å². The Morgan fingerprint density at radius 2 is 2.07 bits per heavy atom. The van der Waals surface area contributed by atoms with Crippen LogP contribution in [0.5, 0.6) is 0 Å². The topological polar surface area (TPSA) is 40.9 Å². The lowest BCUT2D eigenvalue weighted by molar-refractivity contribution is -0.117. The summed E-state index contributed by atoms with van der Waals surface area (Å²) in [5.74, 6) is -0.137. The zero-order valence-corrected chi connectivity index (χ0v) is 10.1. The van der Waals surface area contributed by atoms with Crippen LogP contribution in [-0.2, 0) is 11.2 Å². The number of halogens is 1. The molecule has 0 saturated heterocycles. The maximum Gasteiger partial charge on any atom is 0.131 e. The van der Waals surface area contributed by atoms with E-state index in [1.807, 2.05) is 24.3 Å². The normalized spacial score (nSPS) is 11.8. The highest BCUT2D eigenvalue weighted by Crippen LogP contribution is 2.15. The number of nitriles is 1. The molecule has 0 aliphatic heterocycles. The number of hydrogen-bond donors (Lipinski definition) is 0. The van der Waals surface area contributed by atoms with Crippen LogP contribution >= 0.6 is 15.9 Å². The Balaban J connectivity index is 2.63. The lowest BCUT2D eigenvalue weighted by Crippen LogP contribution is -2.06. The average Bonchev–Trinajstić information content (AvgIpc) is 2.19. The molecule has 0 heterocycles. The molecule has 0 radical (unpaired) electrons. The molecule has 3 heteroatoms. The standard InChI is InChI=1S/C12H12BrNO/c1-9(15)6-11(8-14)7-10-2-4-12(13)5-3-10/h2-5,11H,6-7H2,1H3. The van der Waals surface area contributed by atoms with E-state index in [1.165, 1.54) is 6.92 Å². The molecule has 15 heavy (non-hydrogen) atoms. The summed E-state index contributed by atoms with van der Waals surface area (Å²) < 4.78 is 1.02. The van der Waals surface area contributed by atoms with Crippen molar-refractivity contribution < 1.29 is 4.79 Å². The molecule has 2 nitrogen and oxygen atoms in total. The Morgan fingerprint density at radius 3 is 2.53 bits per heavy atom. The minimum absolute atomic E-state index is 0.0682. The highest BCUT2D eigenvalue weighted by molar-refractivity contribution is 9.10. The molecule has 0 N–H and O–H groups in total. The van der Waals surface area contributed by atoms with Gasteiger partial charge >= 0.3 is 0 Å². The van der Waals surface area contributed by atoms with Crippen LogP contribution in [0, 0.1) is 17.2 Å². The van der Waals surface area contributed by atoms with Crippen molar-refractivity contribution in [2.75, 3.05) is 0 Å². The third kappa shape index (κ3) is 4.26. The number of nitrogens with zero attached hydrogens (tertiary/aromatic N) is 1. The molecule has 0 fully saturated rings. The minimum Gasteiger partial charge on any atom is -0.300 e. The Labute approximate surface area is 98.0 Å². The fraction of sp³-hybridized carbons (Fsp3) is 0.333. The first kappa shape index (κ1) is 11.9. The third-order valence-electron chi connectivity index (χ3n) is 2.11. The van der Waals surface area contributed by atoms with Gasteiger partial charge < -0.3 is 0 Å². The first-order chi connectivity index (χ1) is 7.11. The molecule has 0 aliphatic carbocycles. The van der Waals surface area contributed by atoms with Crippen LogP contribution in [0.3, 0.4) is 0 Å². The number of benzene rings is 1. The summed E-state index contributed by atoms with van der Waals surface area (Å²) in [5, 5.41) is 8.88. The lowest BCUT2D eigenvalue weighted by Gasteiger charge is -2.06. The lowest BCUT2D eigenvalue weighted by atomic mass is 9.96. The summed E-state index contributed by atoms with van der Waals surface area (Å²) in [5.41, 5.74) is 1.09. The molecule has 78 valence electrons. The molecule has 1 unspecified atom stereocenters. The Kier molecular flexibility index (Phi) is 4.51. The van der Waals surface area contributed by atoms with Gasteiger partial charge in [-0.15, -0.1) is 0 Å². The van der Waals surface area contributed by atoms with Gasteiger partial charge in [0, 0.05) is 10.9 Å². The largest absolute Gasteiger partial charge is 0.300 e. The van der Waals surface area contributed by atoms with E-state index in [4.69, 9.17) is 5.26 Å². The molecular weight excluding hydrogens is 254 g/mol. The summed E-state index contributed by atoms with van der Waals surface area (Å²) in [6.45, 7) is 1.52. The highest BCUT2D eigenvalue weighted by atomic mass is 79.9. The monoisotopic (exact) mass is 265 g/mol. The van der Waals surface area contributed by atoms with Crippen LogP contribution in [-0.4, -0.2) is 5.78 Å². The van der Waals surface area contributed by atoms with Crippen molar-refractivity contribution in [3.05, 3.63) is 34.3 Å². The van der Waals surface area contributed by atoms with E-state index in [1.54, 1.807) is 0 Å².